The number of hydrogen-bond acceptors (Lipinski definition) is 6. The number of fused-ring (bicyclic) bond motifs is 1. The van der Waals surface area contributed by atoms with Crippen LogP contribution in [0.2, 0.25) is 0 Å². The molecule has 5 rings (SSSR count). The number of ether oxygens (including phenoxy) is 1. The van der Waals surface area contributed by atoms with Crippen LogP contribution in [0.3, 0.4) is 0 Å². The molecule has 2 aromatic heterocycles. The zero-order chi connectivity index (χ0) is 21.9. The quantitative estimate of drug-likeness (QED) is 0.362. The van der Waals surface area contributed by atoms with Crippen molar-refractivity contribution < 1.29 is 9.15 Å². The minimum atomic E-state index is -0.320. The van der Waals surface area contributed by atoms with E-state index in [0.717, 1.165) is 40.7 Å². The average molecular weight is 451 g/mol. The lowest BCUT2D eigenvalue weighted by molar-refractivity contribution is 0.339. The molecule has 0 unspecified atom stereocenters. The maximum atomic E-state index is 12.3. The number of aromatic nitrogens is 4. The lowest BCUT2D eigenvalue weighted by Crippen LogP contribution is -2.17. The number of aryl methyl sites for hydroxylation is 1. The summed E-state index contributed by atoms with van der Waals surface area (Å²) in [6, 6.07) is 15.9. The zero-order valence-electron chi connectivity index (χ0n) is 18.1. The second-order valence-corrected chi connectivity index (χ2v) is 9.09. The Morgan fingerprint density at radius 3 is 2.62 bits per heavy atom. The van der Waals surface area contributed by atoms with Gasteiger partial charge in [0.1, 0.15) is 5.75 Å². The molecule has 2 heterocycles. The Balaban J connectivity index is 1.40. The molecule has 7 nitrogen and oxygen atoms in total. The van der Waals surface area contributed by atoms with Gasteiger partial charge in [-0.2, -0.15) is 0 Å². The lowest BCUT2D eigenvalue weighted by Gasteiger charge is -2.25. The Morgan fingerprint density at radius 1 is 1.06 bits per heavy atom. The van der Waals surface area contributed by atoms with Crippen LogP contribution in [-0.2, 0) is 6.54 Å². The van der Waals surface area contributed by atoms with Crippen LogP contribution in [0, 0.1) is 0 Å². The third-order valence-corrected chi connectivity index (χ3v) is 7.00. The molecular formula is C24H26N4O3S. The summed E-state index contributed by atoms with van der Waals surface area (Å²) in [4.78, 5) is 12.3. The molecule has 0 saturated heterocycles. The fourth-order valence-corrected chi connectivity index (χ4v) is 5.36. The van der Waals surface area contributed by atoms with Gasteiger partial charge < -0.3 is 9.15 Å². The summed E-state index contributed by atoms with van der Waals surface area (Å²) in [7, 11) is 1.67. The van der Waals surface area contributed by atoms with Gasteiger partial charge in [0.05, 0.1) is 12.6 Å². The fourth-order valence-electron chi connectivity index (χ4n) is 4.43. The normalized spacial score (nSPS) is 14.8. The van der Waals surface area contributed by atoms with E-state index in [1.165, 1.54) is 19.3 Å². The van der Waals surface area contributed by atoms with Crippen molar-refractivity contribution in [1.82, 2.24) is 19.3 Å². The predicted octanol–water partition coefficient (Wildman–Crippen LogP) is 5.16. The number of hydrogen-bond donors (Lipinski definition) is 0. The molecule has 166 valence electrons. The molecule has 32 heavy (non-hydrogen) atoms. The molecule has 0 spiro atoms. The smallest absolute Gasteiger partial charge is 0.419 e. The Bertz CT molecular complexity index is 1250. The number of benzene rings is 2. The van der Waals surface area contributed by atoms with Crippen LogP contribution in [0.1, 0.15) is 38.1 Å². The number of thioether (sulfide) groups is 1. The summed E-state index contributed by atoms with van der Waals surface area (Å²) in [6.45, 7) is 0.551. The predicted molar refractivity (Wildman–Crippen MR) is 125 cm³/mol. The Kier molecular flexibility index (Phi) is 6.03. The van der Waals surface area contributed by atoms with Crippen LogP contribution in [-0.4, -0.2) is 32.2 Å². The number of nitrogens with zero attached hydrogens (tertiary/aromatic N) is 4. The molecule has 1 aliphatic rings. The van der Waals surface area contributed by atoms with E-state index in [1.807, 2.05) is 48.5 Å². The number of oxazole rings is 1. The summed E-state index contributed by atoms with van der Waals surface area (Å²) in [5.41, 5.74) is 2.48. The summed E-state index contributed by atoms with van der Waals surface area (Å²) >= 11 is 1.64. The van der Waals surface area contributed by atoms with Crippen molar-refractivity contribution >= 4 is 22.9 Å². The van der Waals surface area contributed by atoms with E-state index < -0.39 is 0 Å². The third kappa shape index (κ3) is 4.07. The van der Waals surface area contributed by atoms with Crippen molar-refractivity contribution in [3.63, 3.8) is 0 Å². The monoisotopic (exact) mass is 450 g/mol. The van der Waals surface area contributed by atoms with E-state index >= 15 is 0 Å². The van der Waals surface area contributed by atoms with E-state index in [1.54, 1.807) is 23.4 Å². The van der Waals surface area contributed by atoms with Gasteiger partial charge in [-0.15, -0.1) is 10.2 Å². The van der Waals surface area contributed by atoms with Gasteiger partial charge in [0.15, 0.2) is 16.6 Å². The van der Waals surface area contributed by atoms with E-state index in [-0.39, 0.29) is 5.76 Å². The van der Waals surface area contributed by atoms with Crippen LogP contribution in [0.15, 0.2) is 62.9 Å². The lowest BCUT2D eigenvalue weighted by atomic mass is 9.95. The molecule has 0 N–H and O–H groups in total. The molecule has 0 atom stereocenters. The van der Waals surface area contributed by atoms with Crippen LogP contribution in [0.5, 0.6) is 5.75 Å². The van der Waals surface area contributed by atoms with E-state index in [4.69, 9.17) is 9.15 Å². The van der Waals surface area contributed by atoms with Crippen molar-refractivity contribution in [1.29, 1.82) is 0 Å². The maximum absolute atomic E-state index is 12.3. The zero-order valence-corrected chi connectivity index (χ0v) is 18.9. The van der Waals surface area contributed by atoms with Gasteiger partial charge >= 0.3 is 5.76 Å². The first-order valence-electron chi connectivity index (χ1n) is 11.0. The summed E-state index contributed by atoms with van der Waals surface area (Å²) in [5.74, 6) is 2.11. The molecule has 1 fully saturated rings. The van der Waals surface area contributed by atoms with E-state index in [9.17, 15) is 4.79 Å². The van der Waals surface area contributed by atoms with Gasteiger partial charge in [0.2, 0.25) is 0 Å². The van der Waals surface area contributed by atoms with Gasteiger partial charge in [-0.05, 0) is 49.2 Å². The third-order valence-electron chi connectivity index (χ3n) is 6.07. The first kappa shape index (κ1) is 20.9. The van der Waals surface area contributed by atoms with E-state index in [0.29, 0.717) is 23.9 Å². The second-order valence-electron chi connectivity index (χ2n) is 8.03. The van der Waals surface area contributed by atoms with Gasteiger partial charge in [-0.25, -0.2) is 4.79 Å². The average Bonchev–Trinajstić information content (AvgIpc) is 3.40. The summed E-state index contributed by atoms with van der Waals surface area (Å²) < 4.78 is 14.7. The van der Waals surface area contributed by atoms with Crippen LogP contribution < -0.4 is 10.5 Å². The van der Waals surface area contributed by atoms with Crippen LogP contribution in [0.4, 0.5) is 0 Å². The first-order chi connectivity index (χ1) is 15.7. The highest BCUT2D eigenvalue weighted by Gasteiger charge is 2.24. The van der Waals surface area contributed by atoms with E-state index in [2.05, 4.69) is 14.8 Å². The Labute approximate surface area is 190 Å². The SMILES string of the molecule is COc1ccc(-c2nnc(SCCn3c(=O)oc4ccccc43)n2C2CCCCC2)cc1. The molecular weight excluding hydrogens is 424 g/mol. The number of methoxy groups -OCH3 is 1. The van der Waals surface area contributed by atoms with Crippen molar-refractivity contribution in [2.75, 3.05) is 12.9 Å². The Hall–Kier alpha value is -3.00. The molecule has 0 bridgehead atoms. The molecule has 1 saturated carbocycles. The van der Waals surface area contributed by atoms with Gasteiger partial charge in [-0.3, -0.25) is 9.13 Å². The maximum Gasteiger partial charge on any atom is 0.419 e. The highest BCUT2D eigenvalue weighted by Crippen LogP contribution is 2.36. The highest BCUT2D eigenvalue weighted by molar-refractivity contribution is 7.99. The standard InChI is InChI=1S/C24H26N4O3S/c1-30-19-13-11-17(12-14-19)22-25-26-23(28(22)18-7-3-2-4-8-18)32-16-15-27-20-9-5-6-10-21(20)31-24(27)29/h5-6,9-14,18H,2-4,7-8,15-16H2,1H3. The largest absolute Gasteiger partial charge is 0.497 e. The minimum Gasteiger partial charge on any atom is -0.497 e. The molecule has 0 radical (unpaired) electrons. The molecule has 2 aromatic carbocycles. The van der Waals surface area contributed by atoms with Crippen molar-refractivity contribution in [3.05, 3.63) is 59.1 Å². The molecule has 0 aliphatic heterocycles. The van der Waals surface area contributed by atoms with Crippen molar-refractivity contribution in [3.8, 4) is 17.1 Å². The second kappa shape index (κ2) is 9.24. The van der Waals surface area contributed by atoms with Gasteiger partial charge in [-0.1, -0.05) is 43.2 Å². The fraction of sp³-hybridized carbons (Fsp3) is 0.375. The molecule has 0 amide bonds. The Morgan fingerprint density at radius 2 is 1.84 bits per heavy atom. The molecule has 1 aliphatic carbocycles. The van der Waals surface area contributed by atoms with Crippen LogP contribution >= 0.6 is 11.8 Å². The minimum absolute atomic E-state index is 0.320. The van der Waals surface area contributed by atoms with Crippen LogP contribution in [0.25, 0.3) is 22.5 Å². The van der Waals surface area contributed by atoms with Crippen molar-refractivity contribution in [2.24, 2.45) is 0 Å². The topological polar surface area (TPSA) is 75.1 Å². The number of rotatable bonds is 7. The highest BCUT2D eigenvalue weighted by atomic mass is 32.2. The van der Waals surface area contributed by atoms with Gasteiger partial charge in [0.25, 0.3) is 0 Å². The van der Waals surface area contributed by atoms with Crippen molar-refractivity contribution in [2.45, 2.75) is 49.8 Å². The summed E-state index contributed by atoms with van der Waals surface area (Å²) in [6.07, 6.45) is 6.02. The first-order valence-corrected chi connectivity index (χ1v) is 12.0. The van der Waals surface area contributed by atoms with Gasteiger partial charge in [0, 0.05) is 23.9 Å². The number of para-hydroxylation sites is 2. The summed E-state index contributed by atoms with van der Waals surface area (Å²) in [5, 5.41) is 10.0. The molecule has 4 aromatic rings. The molecule has 8 heteroatoms.